The van der Waals surface area contributed by atoms with Gasteiger partial charge in [-0.2, -0.15) is 0 Å². The maximum absolute atomic E-state index is 10.5. The summed E-state index contributed by atoms with van der Waals surface area (Å²) >= 11 is 0. The molecule has 22 heavy (non-hydrogen) atoms. The van der Waals surface area contributed by atoms with Gasteiger partial charge < -0.3 is 4.74 Å². The fraction of sp³-hybridized carbons (Fsp3) is 0.0588. The standard InChI is InChI=1S/C9H7N.C8H10N2O2/c1-2-6-9-8(4-1)5-3-7-10-9;9-10-8(11)12-6-7-4-2-1-3-5-7/h1-7H;1-5H,6,9H2,(H,10,11). The van der Waals surface area contributed by atoms with E-state index in [1.54, 1.807) is 0 Å². The number of nitrogens with two attached hydrogens (primary N) is 1. The minimum Gasteiger partial charge on any atom is -0.444 e. The van der Waals surface area contributed by atoms with Crippen LogP contribution < -0.4 is 11.3 Å². The van der Waals surface area contributed by atoms with E-state index in [1.807, 2.05) is 66.2 Å². The Labute approximate surface area is 128 Å². The van der Waals surface area contributed by atoms with Crippen LogP contribution in [-0.4, -0.2) is 11.1 Å². The molecule has 0 saturated carbocycles. The van der Waals surface area contributed by atoms with Crippen molar-refractivity contribution in [2.24, 2.45) is 5.84 Å². The summed E-state index contributed by atoms with van der Waals surface area (Å²) in [5.74, 6) is 4.81. The summed E-state index contributed by atoms with van der Waals surface area (Å²) in [5, 5.41) is 1.20. The van der Waals surface area contributed by atoms with E-state index in [1.165, 1.54) is 5.39 Å². The zero-order valence-electron chi connectivity index (χ0n) is 12.0. The number of benzene rings is 2. The third kappa shape index (κ3) is 4.88. The van der Waals surface area contributed by atoms with Gasteiger partial charge in [-0.15, -0.1) is 0 Å². The van der Waals surface area contributed by atoms with Crippen LogP contribution in [0.5, 0.6) is 0 Å². The molecule has 5 nitrogen and oxygen atoms in total. The summed E-state index contributed by atoms with van der Waals surface area (Å²) in [7, 11) is 0. The van der Waals surface area contributed by atoms with Crippen molar-refractivity contribution in [2.75, 3.05) is 0 Å². The summed E-state index contributed by atoms with van der Waals surface area (Å²) in [5.41, 5.74) is 3.87. The Kier molecular flexibility index (Phi) is 5.90. The number of carbonyl (C=O) groups excluding carboxylic acids is 1. The van der Waals surface area contributed by atoms with Crippen LogP contribution in [0.25, 0.3) is 10.9 Å². The first-order chi connectivity index (χ1) is 10.8. The van der Waals surface area contributed by atoms with Crippen molar-refractivity contribution < 1.29 is 9.53 Å². The number of carbonyl (C=O) groups is 1. The van der Waals surface area contributed by atoms with Crippen molar-refractivity contribution in [1.29, 1.82) is 0 Å². The molecule has 3 rings (SSSR count). The lowest BCUT2D eigenvalue weighted by atomic mass is 10.2. The van der Waals surface area contributed by atoms with Crippen LogP contribution in [0, 0.1) is 0 Å². The second-order valence-electron chi connectivity index (χ2n) is 4.40. The molecule has 0 radical (unpaired) electrons. The lowest BCUT2D eigenvalue weighted by Gasteiger charge is -2.02. The molecule has 2 aromatic carbocycles. The average molecular weight is 295 g/mol. The van der Waals surface area contributed by atoms with E-state index < -0.39 is 6.09 Å². The van der Waals surface area contributed by atoms with Crippen molar-refractivity contribution >= 4 is 17.0 Å². The second kappa shape index (κ2) is 8.39. The molecular weight excluding hydrogens is 278 g/mol. The first-order valence-electron chi connectivity index (χ1n) is 6.76. The Morgan fingerprint density at radius 1 is 1.00 bits per heavy atom. The Bertz CT molecular complexity index is 652. The van der Waals surface area contributed by atoms with E-state index in [2.05, 4.69) is 17.1 Å². The summed E-state index contributed by atoms with van der Waals surface area (Å²) in [4.78, 5) is 14.7. The number of para-hydroxylation sites is 1. The van der Waals surface area contributed by atoms with Gasteiger partial charge in [-0.1, -0.05) is 54.6 Å². The van der Waals surface area contributed by atoms with Crippen molar-refractivity contribution in [3.63, 3.8) is 0 Å². The first-order valence-corrected chi connectivity index (χ1v) is 6.76. The highest BCUT2D eigenvalue weighted by atomic mass is 16.5. The lowest BCUT2D eigenvalue weighted by molar-refractivity contribution is 0.140. The number of aromatic nitrogens is 1. The van der Waals surface area contributed by atoms with Crippen molar-refractivity contribution in [1.82, 2.24) is 10.4 Å². The van der Waals surface area contributed by atoms with Crippen molar-refractivity contribution in [3.8, 4) is 0 Å². The number of amides is 1. The summed E-state index contributed by atoms with van der Waals surface area (Å²) in [6, 6.07) is 21.5. The number of hydrazine groups is 1. The van der Waals surface area contributed by atoms with Crippen LogP contribution >= 0.6 is 0 Å². The SMILES string of the molecule is NNC(=O)OCc1ccccc1.c1ccc2ncccc2c1. The molecule has 0 fully saturated rings. The molecule has 0 aliphatic rings. The third-order valence-electron chi connectivity index (χ3n) is 2.84. The Morgan fingerprint density at radius 3 is 2.41 bits per heavy atom. The number of fused-ring (bicyclic) bond motifs is 1. The summed E-state index contributed by atoms with van der Waals surface area (Å²) in [6.07, 6.45) is 1.18. The van der Waals surface area contributed by atoms with E-state index in [9.17, 15) is 4.79 Å². The van der Waals surface area contributed by atoms with Gasteiger partial charge in [-0.05, 0) is 17.7 Å². The molecule has 1 heterocycles. The van der Waals surface area contributed by atoms with Gasteiger partial charge in [0.1, 0.15) is 6.61 Å². The number of rotatable bonds is 2. The van der Waals surface area contributed by atoms with E-state index in [-0.39, 0.29) is 6.61 Å². The number of hydrogen-bond donors (Lipinski definition) is 2. The molecule has 0 spiro atoms. The van der Waals surface area contributed by atoms with E-state index in [0.29, 0.717) is 0 Å². The highest BCUT2D eigenvalue weighted by molar-refractivity contribution is 5.77. The van der Waals surface area contributed by atoms with Gasteiger partial charge in [-0.3, -0.25) is 10.4 Å². The minimum atomic E-state index is -0.626. The normalized spacial score (nSPS) is 9.50. The fourth-order valence-electron chi connectivity index (χ4n) is 1.78. The lowest BCUT2D eigenvalue weighted by Crippen LogP contribution is -2.30. The number of pyridine rings is 1. The Hall–Kier alpha value is -2.92. The second-order valence-corrected chi connectivity index (χ2v) is 4.40. The van der Waals surface area contributed by atoms with Crippen LogP contribution in [0.1, 0.15) is 5.56 Å². The molecule has 1 amide bonds. The van der Waals surface area contributed by atoms with Crippen molar-refractivity contribution in [2.45, 2.75) is 6.61 Å². The van der Waals surface area contributed by atoms with Gasteiger partial charge in [0.2, 0.25) is 0 Å². The van der Waals surface area contributed by atoms with E-state index in [4.69, 9.17) is 10.6 Å². The van der Waals surface area contributed by atoms with E-state index in [0.717, 1.165) is 11.1 Å². The van der Waals surface area contributed by atoms with Gasteiger partial charge in [0.05, 0.1) is 5.52 Å². The van der Waals surface area contributed by atoms with Crippen LogP contribution in [0.3, 0.4) is 0 Å². The van der Waals surface area contributed by atoms with Gasteiger partial charge in [0.25, 0.3) is 0 Å². The van der Waals surface area contributed by atoms with Crippen LogP contribution in [-0.2, 0) is 11.3 Å². The Morgan fingerprint density at radius 2 is 1.68 bits per heavy atom. The quantitative estimate of drug-likeness (QED) is 0.433. The Balaban J connectivity index is 0.000000162. The topological polar surface area (TPSA) is 77.2 Å². The number of nitrogens with one attached hydrogen (secondary N) is 1. The molecule has 112 valence electrons. The number of hydrogen-bond acceptors (Lipinski definition) is 4. The largest absolute Gasteiger partial charge is 0.444 e. The molecule has 3 aromatic rings. The van der Waals surface area contributed by atoms with E-state index >= 15 is 0 Å². The minimum absolute atomic E-state index is 0.240. The third-order valence-corrected chi connectivity index (χ3v) is 2.84. The predicted octanol–water partition coefficient (Wildman–Crippen LogP) is 3.02. The van der Waals surface area contributed by atoms with Gasteiger partial charge in [0.15, 0.2) is 0 Å². The number of nitrogens with zero attached hydrogens (tertiary/aromatic N) is 1. The monoisotopic (exact) mass is 295 g/mol. The van der Waals surface area contributed by atoms with Crippen molar-refractivity contribution in [3.05, 3.63) is 78.5 Å². The molecular formula is C17H17N3O2. The van der Waals surface area contributed by atoms with Gasteiger partial charge >= 0.3 is 6.09 Å². The average Bonchev–Trinajstić information content (AvgIpc) is 2.61. The molecule has 3 N–H and O–H groups in total. The molecule has 0 aliphatic heterocycles. The molecule has 0 atom stereocenters. The van der Waals surface area contributed by atoms with Crippen LogP contribution in [0.15, 0.2) is 72.9 Å². The predicted molar refractivity (Wildman–Crippen MR) is 85.7 cm³/mol. The maximum Gasteiger partial charge on any atom is 0.421 e. The number of ether oxygens (including phenoxy) is 1. The van der Waals surface area contributed by atoms with Crippen LogP contribution in [0.4, 0.5) is 4.79 Å². The van der Waals surface area contributed by atoms with Crippen LogP contribution in [0.2, 0.25) is 0 Å². The van der Waals surface area contributed by atoms with Gasteiger partial charge in [0, 0.05) is 11.6 Å². The molecule has 1 aromatic heterocycles. The molecule has 0 unspecified atom stereocenters. The molecule has 0 aliphatic carbocycles. The molecule has 0 saturated heterocycles. The fourth-order valence-corrected chi connectivity index (χ4v) is 1.78. The zero-order valence-corrected chi connectivity index (χ0v) is 12.0. The summed E-state index contributed by atoms with van der Waals surface area (Å²) < 4.78 is 4.70. The molecule has 5 heteroatoms. The smallest absolute Gasteiger partial charge is 0.421 e. The molecule has 0 bridgehead atoms. The first kappa shape index (κ1) is 15.5. The highest BCUT2D eigenvalue weighted by Crippen LogP contribution is 2.07. The summed E-state index contributed by atoms with van der Waals surface area (Å²) in [6.45, 7) is 0.240. The maximum atomic E-state index is 10.5. The van der Waals surface area contributed by atoms with Gasteiger partial charge in [-0.25, -0.2) is 10.6 Å². The zero-order chi connectivity index (χ0) is 15.6. The highest BCUT2D eigenvalue weighted by Gasteiger charge is 1.97.